The molecule has 0 heterocycles. The summed E-state index contributed by atoms with van der Waals surface area (Å²) in [7, 11) is 1.68. The van der Waals surface area contributed by atoms with Crippen molar-refractivity contribution in [1.82, 2.24) is 5.32 Å². The van der Waals surface area contributed by atoms with Crippen molar-refractivity contribution in [2.24, 2.45) is 0 Å². The lowest BCUT2D eigenvalue weighted by molar-refractivity contribution is 0.273. The van der Waals surface area contributed by atoms with Gasteiger partial charge in [-0.25, -0.2) is 0 Å². The summed E-state index contributed by atoms with van der Waals surface area (Å²) >= 11 is 0. The first-order valence-electron chi connectivity index (χ1n) is 7.81. The summed E-state index contributed by atoms with van der Waals surface area (Å²) in [5.74, 6) is 0. The zero-order chi connectivity index (χ0) is 17.4. The quantitative estimate of drug-likeness (QED) is 0.508. The van der Waals surface area contributed by atoms with Crippen molar-refractivity contribution >= 4 is 5.69 Å². The Morgan fingerprint density at radius 1 is 1.00 bits per heavy atom. The topological polar surface area (TPSA) is 78.5 Å². The van der Waals surface area contributed by atoms with Gasteiger partial charge in [0, 0.05) is 12.3 Å². The Kier molecular flexibility index (Phi) is 48.7. The Morgan fingerprint density at radius 2 is 1.38 bits per heavy atom. The molecule has 0 aliphatic heterocycles. The second-order valence-electron chi connectivity index (χ2n) is 3.71. The molecule has 0 radical (unpaired) electrons. The highest BCUT2D eigenvalue weighted by molar-refractivity contribution is 5.35. The van der Waals surface area contributed by atoms with Gasteiger partial charge in [-0.3, -0.25) is 5.32 Å². The normalized spacial score (nSPS) is 7.43. The molecule has 21 heavy (non-hydrogen) atoms. The number of rotatable bonds is 3. The zero-order valence-electron chi connectivity index (χ0n) is 14.9. The van der Waals surface area contributed by atoms with E-state index in [0.29, 0.717) is 6.61 Å². The average molecular weight is 303 g/mol. The van der Waals surface area contributed by atoms with Gasteiger partial charge in [-0.2, -0.15) is 0 Å². The molecule has 0 unspecified atom stereocenters. The van der Waals surface area contributed by atoms with Crippen LogP contribution < -0.4 is 11.1 Å². The van der Waals surface area contributed by atoms with E-state index in [9.17, 15) is 0 Å². The van der Waals surface area contributed by atoms with Crippen LogP contribution in [0.2, 0.25) is 0 Å². The number of aliphatic hydroxyl groups excluding tert-OH is 2. The molecule has 0 atom stereocenters. The number of nitrogens with one attached hydrogen (secondary N) is 1. The summed E-state index contributed by atoms with van der Waals surface area (Å²) in [4.78, 5) is 0. The fourth-order valence-electron chi connectivity index (χ4n) is 0.611. The van der Waals surface area contributed by atoms with E-state index >= 15 is 0 Å². The molecule has 0 aromatic heterocycles. The highest BCUT2D eigenvalue weighted by atomic mass is 16.3. The van der Waals surface area contributed by atoms with Gasteiger partial charge in [-0.1, -0.05) is 65.7 Å². The number of aliphatic hydroxyl groups is 2. The van der Waals surface area contributed by atoms with Gasteiger partial charge in [0.05, 0.1) is 6.73 Å². The number of benzene rings is 1. The van der Waals surface area contributed by atoms with Gasteiger partial charge in [-0.15, -0.1) is 0 Å². The largest absolute Gasteiger partial charge is 0.399 e. The third-order valence-electron chi connectivity index (χ3n) is 1.47. The lowest BCUT2D eigenvalue weighted by atomic mass is 10.3. The van der Waals surface area contributed by atoms with E-state index < -0.39 is 0 Å². The van der Waals surface area contributed by atoms with E-state index in [1.807, 2.05) is 44.2 Å². The molecule has 0 aliphatic rings. The fourth-order valence-corrected chi connectivity index (χ4v) is 0.611. The second kappa shape index (κ2) is 36.4. The second-order valence-corrected chi connectivity index (χ2v) is 3.71. The van der Waals surface area contributed by atoms with Gasteiger partial charge in [0.15, 0.2) is 0 Å². The van der Waals surface area contributed by atoms with Crippen molar-refractivity contribution in [2.45, 2.75) is 53.9 Å². The van der Waals surface area contributed by atoms with Crippen LogP contribution in [0, 0.1) is 0 Å². The molecule has 4 heteroatoms. The number of unbranched alkanes of at least 4 members (excludes halogenated alkanes) is 1. The van der Waals surface area contributed by atoms with Gasteiger partial charge in [-0.05, 0) is 25.6 Å². The summed E-state index contributed by atoms with van der Waals surface area (Å²) < 4.78 is 0. The molecule has 0 spiro atoms. The number of anilines is 1. The maximum atomic E-state index is 8.07. The van der Waals surface area contributed by atoms with Crippen LogP contribution in [0.3, 0.4) is 0 Å². The molecule has 0 saturated carbocycles. The van der Waals surface area contributed by atoms with Crippen molar-refractivity contribution < 1.29 is 10.2 Å². The smallest absolute Gasteiger partial charge is 0.0929 e. The highest BCUT2D eigenvalue weighted by Crippen LogP contribution is 1.95. The Balaban J connectivity index is -0.0000000927. The van der Waals surface area contributed by atoms with Crippen molar-refractivity contribution in [3.05, 3.63) is 30.3 Å². The minimum absolute atomic E-state index is 0.0694. The van der Waals surface area contributed by atoms with Crippen LogP contribution in [0.25, 0.3) is 0 Å². The van der Waals surface area contributed by atoms with Crippen LogP contribution in [0.5, 0.6) is 0 Å². The molecule has 1 aromatic carbocycles. The SMILES string of the molecule is CC.CCC.CCCCO.CNCO.Nc1ccccc1. The van der Waals surface area contributed by atoms with Gasteiger partial charge >= 0.3 is 0 Å². The van der Waals surface area contributed by atoms with Crippen molar-refractivity contribution in [3.63, 3.8) is 0 Å². The van der Waals surface area contributed by atoms with Gasteiger partial charge in [0.25, 0.3) is 0 Å². The average Bonchev–Trinajstić information content (AvgIpc) is 2.52. The first kappa shape index (κ1) is 28.1. The third-order valence-corrected chi connectivity index (χ3v) is 1.47. The Hall–Kier alpha value is -1.10. The van der Waals surface area contributed by atoms with E-state index in [1.165, 1.54) is 6.42 Å². The van der Waals surface area contributed by atoms with E-state index in [4.69, 9.17) is 15.9 Å². The molecule has 128 valence electrons. The van der Waals surface area contributed by atoms with Gasteiger partial charge < -0.3 is 15.9 Å². The summed E-state index contributed by atoms with van der Waals surface area (Å²) in [5.41, 5.74) is 6.18. The van der Waals surface area contributed by atoms with E-state index in [1.54, 1.807) is 7.05 Å². The first-order chi connectivity index (χ1) is 10.1. The lowest BCUT2D eigenvalue weighted by Crippen LogP contribution is -2.04. The molecule has 0 amide bonds. The minimum atomic E-state index is 0.0694. The number of hydrogen-bond donors (Lipinski definition) is 4. The standard InChI is InChI=1S/C6H7N.C4H10O.C3H8.C2H7NO.C2H6/c7-6-4-2-1-3-5-6;1-2-3-4-5;1-3-2;1-3-2-4;1-2/h1-5H,7H2;5H,2-4H2,1H3;3H2,1-2H3;3-4H,2H2,1H3;1-2H3. The summed E-state index contributed by atoms with van der Waals surface area (Å²) in [6.07, 6.45) is 3.29. The van der Waals surface area contributed by atoms with E-state index in [-0.39, 0.29) is 6.73 Å². The summed E-state index contributed by atoms with van der Waals surface area (Å²) in [6.45, 7) is 10.7. The highest BCUT2D eigenvalue weighted by Gasteiger charge is 1.72. The fraction of sp³-hybridized carbons (Fsp3) is 0.647. The summed E-state index contributed by atoms with van der Waals surface area (Å²) in [6, 6.07) is 9.49. The molecule has 0 bridgehead atoms. The third kappa shape index (κ3) is 55.1. The van der Waals surface area contributed by atoms with Crippen LogP contribution in [0.15, 0.2) is 30.3 Å². The van der Waals surface area contributed by atoms with E-state index in [0.717, 1.165) is 18.5 Å². The van der Waals surface area contributed by atoms with Crippen LogP contribution in [0.1, 0.15) is 53.9 Å². The molecule has 0 fully saturated rings. The van der Waals surface area contributed by atoms with Crippen LogP contribution >= 0.6 is 0 Å². The maximum absolute atomic E-state index is 8.07. The lowest BCUT2D eigenvalue weighted by Gasteiger charge is -1.83. The molecule has 0 saturated heterocycles. The predicted octanol–water partition coefficient (Wildman–Crippen LogP) is 3.65. The molecule has 1 aromatic rings. The predicted molar refractivity (Wildman–Crippen MR) is 96.3 cm³/mol. The number of nitrogen functional groups attached to an aromatic ring is 1. The Morgan fingerprint density at radius 3 is 1.48 bits per heavy atom. The minimum Gasteiger partial charge on any atom is -0.399 e. The monoisotopic (exact) mass is 302 g/mol. The Labute approximate surface area is 132 Å². The van der Waals surface area contributed by atoms with Crippen LogP contribution in [-0.2, 0) is 0 Å². The molecule has 0 aliphatic carbocycles. The number of nitrogens with two attached hydrogens (primary N) is 1. The Bertz CT molecular complexity index is 215. The number of para-hydroxylation sites is 1. The molecular formula is C17H38N2O2. The van der Waals surface area contributed by atoms with Crippen molar-refractivity contribution in [3.8, 4) is 0 Å². The van der Waals surface area contributed by atoms with Crippen molar-refractivity contribution in [2.75, 3.05) is 26.1 Å². The molecular weight excluding hydrogens is 264 g/mol. The van der Waals surface area contributed by atoms with Crippen molar-refractivity contribution in [1.29, 1.82) is 0 Å². The van der Waals surface area contributed by atoms with Crippen LogP contribution in [0.4, 0.5) is 5.69 Å². The zero-order valence-corrected chi connectivity index (χ0v) is 14.9. The first-order valence-corrected chi connectivity index (χ1v) is 7.81. The van der Waals surface area contributed by atoms with Gasteiger partial charge in [0.2, 0.25) is 0 Å². The van der Waals surface area contributed by atoms with Gasteiger partial charge in [0.1, 0.15) is 0 Å². The molecule has 1 rings (SSSR count). The molecule has 5 N–H and O–H groups in total. The van der Waals surface area contributed by atoms with Crippen LogP contribution in [-0.4, -0.2) is 30.6 Å². The maximum Gasteiger partial charge on any atom is 0.0929 e. The van der Waals surface area contributed by atoms with E-state index in [2.05, 4.69) is 26.1 Å². The summed E-state index contributed by atoms with van der Waals surface area (Å²) in [5, 5.41) is 18.3. The number of hydrogen-bond acceptors (Lipinski definition) is 4. The molecule has 4 nitrogen and oxygen atoms in total.